The molecule has 0 saturated carbocycles. The monoisotopic (exact) mass is 489 g/mol. The van der Waals surface area contributed by atoms with Crippen LogP contribution in [0.3, 0.4) is 0 Å². The molecular weight excluding hydrogens is 462 g/mol. The van der Waals surface area contributed by atoms with E-state index >= 15 is 0 Å². The van der Waals surface area contributed by atoms with Crippen LogP contribution < -0.4 is 11.1 Å². The number of aldehydes is 1. The van der Waals surface area contributed by atoms with E-state index in [0.717, 1.165) is 0 Å². The highest BCUT2D eigenvalue weighted by molar-refractivity contribution is 6.40. The van der Waals surface area contributed by atoms with E-state index in [1.165, 1.54) is 0 Å². The van der Waals surface area contributed by atoms with Crippen molar-refractivity contribution >= 4 is 25.3 Å². The number of benzene rings is 1. The van der Waals surface area contributed by atoms with Gasteiger partial charge in [0.05, 0.1) is 18.2 Å². The lowest BCUT2D eigenvalue weighted by Gasteiger charge is -2.24. The molecule has 188 valence electrons. The van der Waals surface area contributed by atoms with Gasteiger partial charge in [0.1, 0.15) is 5.54 Å². The fourth-order valence-electron chi connectivity index (χ4n) is 2.50. The second-order valence-corrected chi connectivity index (χ2v) is 7.15. The van der Waals surface area contributed by atoms with Crippen molar-refractivity contribution in [2.45, 2.75) is 43.7 Å². The van der Waals surface area contributed by atoms with Crippen LogP contribution in [0.4, 0.5) is 13.2 Å². The van der Waals surface area contributed by atoms with Gasteiger partial charge in [-0.2, -0.15) is 18.4 Å². The Labute approximate surface area is 194 Å². The topological polar surface area (TPSA) is 183 Å². The van der Waals surface area contributed by atoms with Gasteiger partial charge in [-0.1, -0.05) is 12.8 Å². The molecule has 0 heterocycles. The quantitative estimate of drug-likeness (QED) is 0.152. The lowest BCUT2D eigenvalue weighted by molar-refractivity contribution is -0.156. The average molecular weight is 489 g/mol. The highest BCUT2D eigenvalue weighted by atomic mass is 19.4. The summed E-state index contributed by atoms with van der Waals surface area (Å²) in [4.78, 5) is 32.0. The van der Waals surface area contributed by atoms with Crippen molar-refractivity contribution in [2.24, 2.45) is 5.73 Å². The van der Waals surface area contributed by atoms with Gasteiger partial charge in [-0.15, -0.1) is 0 Å². The number of hydrogen-bond acceptors (Lipinski definition) is 8. The zero-order chi connectivity index (χ0) is 26.2. The summed E-state index contributed by atoms with van der Waals surface area (Å²) >= 11 is 0. The third kappa shape index (κ3) is 14.2. The van der Waals surface area contributed by atoms with Crippen molar-refractivity contribution in [2.75, 3.05) is 19.8 Å². The Balaban J connectivity index is 0.00000160. The molecule has 1 aromatic rings. The minimum absolute atomic E-state index is 0.105. The molecular formula is C20H27BF3N3O7. The van der Waals surface area contributed by atoms with Crippen LogP contribution in [-0.2, 0) is 14.3 Å². The van der Waals surface area contributed by atoms with Gasteiger partial charge in [-0.3, -0.25) is 14.4 Å². The number of carbonyl (C=O) groups is 3. The molecule has 1 unspecified atom stereocenters. The molecule has 0 saturated heterocycles. The number of nitrogens with one attached hydrogen (secondary N) is 1. The van der Waals surface area contributed by atoms with Crippen LogP contribution in [0.2, 0.25) is 6.32 Å². The number of carboxylic acids is 1. The summed E-state index contributed by atoms with van der Waals surface area (Å²) < 4.78 is 36.6. The first-order valence-electron chi connectivity index (χ1n) is 10.1. The van der Waals surface area contributed by atoms with Crippen molar-refractivity contribution in [1.29, 1.82) is 5.26 Å². The summed E-state index contributed by atoms with van der Waals surface area (Å²) in [5.74, 6) is -1.42. The van der Waals surface area contributed by atoms with E-state index in [4.69, 9.17) is 30.6 Å². The minimum atomic E-state index is -4.64. The fourth-order valence-corrected chi connectivity index (χ4v) is 2.50. The van der Waals surface area contributed by atoms with E-state index in [2.05, 4.69) is 5.32 Å². The van der Waals surface area contributed by atoms with Gasteiger partial charge in [0.15, 0.2) is 0 Å². The molecule has 0 radical (unpaired) electrons. The zero-order valence-corrected chi connectivity index (χ0v) is 18.3. The molecule has 1 amide bonds. The number of nitrogens with zero attached hydrogens (tertiary/aromatic N) is 1. The summed E-state index contributed by atoms with van der Waals surface area (Å²) in [6.45, 7) is 0.574. The Morgan fingerprint density at radius 3 is 2.21 bits per heavy atom. The maximum absolute atomic E-state index is 11.9. The van der Waals surface area contributed by atoms with Gasteiger partial charge < -0.3 is 30.9 Å². The maximum Gasteiger partial charge on any atom is 0.451 e. The molecule has 34 heavy (non-hydrogen) atoms. The molecule has 0 aliphatic rings. The van der Waals surface area contributed by atoms with Gasteiger partial charge >= 0.3 is 19.3 Å². The van der Waals surface area contributed by atoms with Gasteiger partial charge in [0.2, 0.25) is 6.29 Å². The number of alkyl halides is 3. The van der Waals surface area contributed by atoms with E-state index in [9.17, 15) is 27.9 Å². The third-order valence-corrected chi connectivity index (χ3v) is 4.40. The molecule has 6 N–H and O–H groups in total. The highest BCUT2D eigenvalue weighted by Crippen LogP contribution is 2.17. The lowest BCUT2D eigenvalue weighted by Crippen LogP contribution is -2.49. The molecule has 1 rings (SSSR count). The number of unbranched alkanes of at least 4 members (excludes halogenated alkanes) is 1. The Bertz CT molecular complexity index is 817. The van der Waals surface area contributed by atoms with Gasteiger partial charge in [-0.05, 0) is 43.4 Å². The molecule has 0 spiro atoms. The van der Waals surface area contributed by atoms with Gasteiger partial charge in [-0.25, -0.2) is 0 Å². The molecule has 10 nitrogen and oxygen atoms in total. The maximum atomic E-state index is 11.9. The van der Waals surface area contributed by atoms with Crippen LogP contribution in [0, 0.1) is 11.3 Å². The second-order valence-electron chi connectivity index (χ2n) is 7.15. The fraction of sp³-hybridized carbons (Fsp3) is 0.500. The van der Waals surface area contributed by atoms with Crippen molar-refractivity contribution in [1.82, 2.24) is 5.32 Å². The SMILES string of the molecule is N#Cc1ccc(C(=O)NCCOCCC(N)(CCCCB(O)O)C(=O)O)cc1.O=CC(F)(F)F. The van der Waals surface area contributed by atoms with E-state index < -0.39 is 31.1 Å². The van der Waals surface area contributed by atoms with Crippen LogP contribution in [0.1, 0.15) is 41.6 Å². The standard InChI is InChI=1S/C18H26BN3O6.C2HF3O/c20-13-14-3-5-15(6-4-14)16(23)22-10-12-28-11-8-18(21,17(24)25)7-1-2-9-19(26)27;3-2(4,5)1-6/h3-6,26-27H,1-2,7-12,21H2,(H,22,23)(H,24,25);1H. The number of nitrogens with two attached hydrogens (primary N) is 1. The van der Waals surface area contributed by atoms with E-state index in [1.807, 2.05) is 6.07 Å². The van der Waals surface area contributed by atoms with Crippen LogP contribution in [0.25, 0.3) is 0 Å². The molecule has 0 aliphatic carbocycles. The summed E-state index contributed by atoms with van der Waals surface area (Å²) in [5.41, 5.74) is 5.38. The Hall–Kier alpha value is -2.99. The normalized spacial score (nSPS) is 12.4. The van der Waals surface area contributed by atoms with Crippen LogP contribution >= 0.6 is 0 Å². The number of carboxylic acid groups (broad SMARTS) is 1. The molecule has 0 aromatic heterocycles. The third-order valence-electron chi connectivity index (χ3n) is 4.40. The van der Waals surface area contributed by atoms with Crippen LogP contribution in [0.15, 0.2) is 24.3 Å². The summed E-state index contributed by atoms with van der Waals surface area (Å²) in [5, 5.41) is 38.3. The first-order valence-corrected chi connectivity index (χ1v) is 10.1. The van der Waals surface area contributed by atoms with Crippen molar-refractivity contribution in [3.05, 3.63) is 35.4 Å². The summed E-state index contributed by atoms with van der Waals surface area (Å²) in [7, 11) is -1.40. The minimum Gasteiger partial charge on any atom is -0.480 e. The summed E-state index contributed by atoms with van der Waals surface area (Å²) in [6.07, 6.45) is -4.30. The highest BCUT2D eigenvalue weighted by Gasteiger charge is 2.33. The summed E-state index contributed by atoms with van der Waals surface area (Å²) in [6, 6.07) is 8.20. The molecule has 1 atom stereocenters. The number of amides is 1. The number of hydrogen-bond donors (Lipinski definition) is 5. The number of carbonyl (C=O) groups excluding carboxylic acids is 2. The van der Waals surface area contributed by atoms with Crippen LogP contribution in [-0.4, -0.2) is 71.9 Å². The van der Waals surface area contributed by atoms with E-state index in [0.29, 0.717) is 24.0 Å². The van der Waals surface area contributed by atoms with E-state index in [1.54, 1.807) is 24.3 Å². The van der Waals surface area contributed by atoms with Gasteiger partial charge in [0, 0.05) is 18.7 Å². The Kier molecular flexibility index (Phi) is 14.4. The molecule has 1 aromatic carbocycles. The van der Waals surface area contributed by atoms with Crippen LogP contribution in [0.5, 0.6) is 0 Å². The van der Waals surface area contributed by atoms with Gasteiger partial charge in [0.25, 0.3) is 5.91 Å². The number of rotatable bonds is 13. The average Bonchev–Trinajstić information content (AvgIpc) is 2.78. The number of halogens is 3. The Morgan fingerprint density at radius 2 is 1.74 bits per heavy atom. The Morgan fingerprint density at radius 1 is 1.15 bits per heavy atom. The van der Waals surface area contributed by atoms with Crippen molar-refractivity contribution in [3.8, 4) is 6.07 Å². The smallest absolute Gasteiger partial charge is 0.451 e. The number of nitriles is 1. The number of ether oxygens (including phenoxy) is 1. The van der Waals surface area contributed by atoms with Crippen molar-refractivity contribution < 1.29 is 47.4 Å². The first kappa shape index (κ1) is 31.0. The molecule has 0 fully saturated rings. The largest absolute Gasteiger partial charge is 0.480 e. The first-order chi connectivity index (χ1) is 15.8. The molecule has 14 heteroatoms. The predicted octanol–water partition coefficient (Wildman–Crippen LogP) is 0.868. The zero-order valence-electron chi connectivity index (χ0n) is 18.3. The van der Waals surface area contributed by atoms with Crippen molar-refractivity contribution in [3.63, 3.8) is 0 Å². The molecule has 0 bridgehead atoms. The van der Waals surface area contributed by atoms with E-state index in [-0.39, 0.29) is 44.8 Å². The lowest BCUT2D eigenvalue weighted by atomic mass is 9.81. The second kappa shape index (κ2) is 15.8. The molecule has 0 aliphatic heterocycles. The number of aliphatic carboxylic acids is 1. The predicted molar refractivity (Wildman–Crippen MR) is 114 cm³/mol.